The molecule has 24 heavy (non-hydrogen) atoms. The summed E-state index contributed by atoms with van der Waals surface area (Å²) in [5.41, 5.74) is -0.740. The first-order valence-electron chi connectivity index (χ1n) is 6.69. The average Bonchev–Trinajstić information content (AvgIpc) is 2.54. The van der Waals surface area contributed by atoms with Crippen LogP contribution >= 0.6 is 11.6 Å². The van der Waals surface area contributed by atoms with E-state index < -0.39 is 29.4 Å². The molecule has 1 aromatic rings. The van der Waals surface area contributed by atoms with E-state index in [-0.39, 0.29) is 22.9 Å². The van der Waals surface area contributed by atoms with Crippen molar-refractivity contribution in [1.82, 2.24) is 0 Å². The number of carbonyl (C=O) groups is 3. The summed E-state index contributed by atoms with van der Waals surface area (Å²) in [7, 11) is 2.08. The molecule has 0 bridgehead atoms. The number of nitrogens with one attached hydrogen (secondary N) is 1. The van der Waals surface area contributed by atoms with Crippen LogP contribution in [-0.2, 0) is 23.8 Å². The summed E-state index contributed by atoms with van der Waals surface area (Å²) in [5, 5.41) is 12.9. The number of methoxy groups -OCH3 is 2. The molecular formula is C15H16ClNO7. The topological polar surface area (TPSA) is 111 Å². The Kier molecular flexibility index (Phi) is 7.06. The zero-order chi connectivity index (χ0) is 18.3. The predicted molar refractivity (Wildman–Crippen MR) is 85.7 cm³/mol. The summed E-state index contributed by atoms with van der Waals surface area (Å²) in [6.45, 7) is 1.74. The zero-order valence-corrected chi connectivity index (χ0v) is 14.0. The number of hydrogen-bond acceptors (Lipinski definition) is 7. The molecule has 0 atom stereocenters. The molecule has 0 aromatic heterocycles. The molecule has 0 unspecified atom stereocenters. The van der Waals surface area contributed by atoms with Crippen molar-refractivity contribution in [3.8, 4) is 0 Å². The van der Waals surface area contributed by atoms with E-state index in [2.05, 4.69) is 14.8 Å². The molecule has 130 valence electrons. The number of benzene rings is 1. The highest BCUT2D eigenvalue weighted by atomic mass is 35.5. The molecule has 1 amide bonds. The van der Waals surface area contributed by atoms with Gasteiger partial charge in [0.25, 0.3) is 0 Å². The number of esters is 2. The average molecular weight is 358 g/mol. The molecule has 0 radical (unpaired) electrons. The fraction of sp³-hybridized carbons (Fsp3) is 0.267. The van der Waals surface area contributed by atoms with Crippen LogP contribution in [0.4, 0.5) is 10.5 Å². The van der Waals surface area contributed by atoms with Crippen molar-refractivity contribution in [2.75, 3.05) is 26.1 Å². The lowest BCUT2D eigenvalue weighted by atomic mass is 10.1. The predicted octanol–water partition coefficient (Wildman–Crippen LogP) is 2.52. The minimum atomic E-state index is -1.10. The molecule has 0 aliphatic carbocycles. The molecule has 0 aliphatic heterocycles. The fourth-order valence-electron chi connectivity index (χ4n) is 1.72. The molecule has 1 aromatic carbocycles. The Labute approximate surface area is 142 Å². The number of anilines is 1. The monoisotopic (exact) mass is 357 g/mol. The third-order valence-electron chi connectivity index (χ3n) is 2.76. The highest BCUT2D eigenvalue weighted by Crippen LogP contribution is 2.29. The van der Waals surface area contributed by atoms with E-state index in [0.717, 1.165) is 14.2 Å². The highest BCUT2D eigenvalue weighted by Gasteiger charge is 2.27. The van der Waals surface area contributed by atoms with Gasteiger partial charge in [0, 0.05) is 10.6 Å². The van der Waals surface area contributed by atoms with Crippen molar-refractivity contribution in [3.63, 3.8) is 0 Å². The Hall–Kier alpha value is -2.74. The van der Waals surface area contributed by atoms with Gasteiger partial charge in [0.15, 0.2) is 5.57 Å². The first-order valence-corrected chi connectivity index (χ1v) is 7.07. The van der Waals surface area contributed by atoms with E-state index >= 15 is 0 Å². The van der Waals surface area contributed by atoms with Crippen LogP contribution in [0.25, 0.3) is 5.76 Å². The SMILES string of the molecule is CCOC(=O)Nc1cc(Cl)ccc1C(O)=C(C(=O)OC)C(=O)OC. The van der Waals surface area contributed by atoms with Gasteiger partial charge in [0.2, 0.25) is 0 Å². The largest absolute Gasteiger partial charge is 0.506 e. The fourth-order valence-corrected chi connectivity index (χ4v) is 1.89. The van der Waals surface area contributed by atoms with Crippen molar-refractivity contribution >= 4 is 41.1 Å². The van der Waals surface area contributed by atoms with Gasteiger partial charge in [-0.25, -0.2) is 14.4 Å². The van der Waals surface area contributed by atoms with Crippen LogP contribution in [-0.4, -0.2) is 44.0 Å². The van der Waals surface area contributed by atoms with Crippen LogP contribution < -0.4 is 5.32 Å². The summed E-state index contributed by atoms with van der Waals surface area (Å²) in [6, 6.07) is 4.02. The summed E-state index contributed by atoms with van der Waals surface area (Å²) < 4.78 is 13.7. The number of rotatable bonds is 5. The van der Waals surface area contributed by atoms with E-state index in [1.165, 1.54) is 18.2 Å². The Balaban J connectivity index is 3.46. The van der Waals surface area contributed by atoms with E-state index in [0.29, 0.717) is 0 Å². The molecule has 8 nitrogen and oxygen atoms in total. The van der Waals surface area contributed by atoms with Crippen molar-refractivity contribution in [1.29, 1.82) is 0 Å². The molecule has 9 heteroatoms. The van der Waals surface area contributed by atoms with Gasteiger partial charge in [-0.05, 0) is 25.1 Å². The van der Waals surface area contributed by atoms with Gasteiger partial charge in [-0.3, -0.25) is 5.32 Å². The summed E-state index contributed by atoms with van der Waals surface area (Å²) in [5.74, 6) is -2.94. The Morgan fingerprint density at radius 1 is 1.17 bits per heavy atom. The number of ether oxygens (including phenoxy) is 3. The van der Waals surface area contributed by atoms with Gasteiger partial charge in [-0.1, -0.05) is 11.6 Å². The van der Waals surface area contributed by atoms with Gasteiger partial charge in [0.05, 0.1) is 26.5 Å². The van der Waals surface area contributed by atoms with Crippen LogP contribution in [0.5, 0.6) is 0 Å². The number of aliphatic hydroxyl groups excluding tert-OH is 1. The minimum absolute atomic E-state index is 0.0313. The van der Waals surface area contributed by atoms with Crippen molar-refractivity contribution in [3.05, 3.63) is 34.4 Å². The van der Waals surface area contributed by atoms with Crippen LogP contribution in [0.3, 0.4) is 0 Å². The second-order valence-electron chi connectivity index (χ2n) is 4.24. The first kappa shape index (κ1) is 19.3. The van der Waals surface area contributed by atoms with E-state index in [1.807, 2.05) is 0 Å². The van der Waals surface area contributed by atoms with Gasteiger partial charge in [-0.2, -0.15) is 0 Å². The van der Waals surface area contributed by atoms with Crippen LogP contribution in [0, 0.1) is 0 Å². The standard InChI is InChI=1S/C15H16ClNO7/c1-4-24-15(21)17-10-7-8(16)5-6-9(10)12(18)11(13(19)22-2)14(20)23-3/h5-7,18H,4H2,1-3H3,(H,17,21). The lowest BCUT2D eigenvalue weighted by Gasteiger charge is -2.13. The van der Waals surface area contributed by atoms with E-state index in [4.69, 9.17) is 16.3 Å². The third-order valence-corrected chi connectivity index (χ3v) is 3.00. The number of halogens is 1. The van der Waals surface area contributed by atoms with Crippen molar-refractivity contribution in [2.24, 2.45) is 0 Å². The van der Waals surface area contributed by atoms with Gasteiger partial charge < -0.3 is 19.3 Å². The lowest BCUT2D eigenvalue weighted by Crippen LogP contribution is -2.19. The first-order chi connectivity index (χ1) is 11.3. The Morgan fingerprint density at radius 2 is 1.75 bits per heavy atom. The highest BCUT2D eigenvalue weighted by molar-refractivity contribution is 6.31. The van der Waals surface area contributed by atoms with Crippen LogP contribution in [0.2, 0.25) is 5.02 Å². The van der Waals surface area contributed by atoms with Crippen LogP contribution in [0.15, 0.2) is 23.8 Å². The molecule has 1 rings (SSSR count). The Bertz CT molecular complexity index is 666. The quantitative estimate of drug-likeness (QED) is 0.208. The van der Waals surface area contributed by atoms with Gasteiger partial charge in [-0.15, -0.1) is 0 Å². The minimum Gasteiger partial charge on any atom is -0.506 e. The molecule has 0 saturated heterocycles. The second kappa shape index (κ2) is 8.78. The second-order valence-corrected chi connectivity index (χ2v) is 4.68. The molecule has 0 heterocycles. The summed E-state index contributed by atoms with van der Waals surface area (Å²) in [4.78, 5) is 35.1. The molecule has 0 saturated carbocycles. The summed E-state index contributed by atoms with van der Waals surface area (Å²) in [6.07, 6.45) is -0.800. The molecule has 0 fully saturated rings. The van der Waals surface area contributed by atoms with E-state index in [9.17, 15) is 19.5 Å². The lowest BCUT2D eigenvalue weighted by molar-refractivity contribution is -0.144. The van der Waals surface area contributed by atoms with Crippen molar-refractivity contribution < 1.29 is 33.7 Å². The number of aliphatic hydroxyl groups is 1. The normalized spacial score (nSPS) is 9.67. The number of amides is 1. The van der Waals surface area contributed by atoms with Crippen LogP contribution in [0.1, 0.15) is 12.5 Å². The molecule has 0 aliphatic rings. The smallest absolute Gasteiger partial charge is 0.411 e. The summed E-state index contributed by atoms with van der Waals surface area (Å²) >= 11 is 5.87. The number of carbonyl (C=O) groups excluding carboxylic acids is 3. The van der Waals surface area contributed by atoms with Crippen molar-refractivity contribution in [2.45, 2.75) is 6.92 Å². The maximum Gasteiger partial charge on any atom is 0.411 e. The molecule has 2 N–H and O–H groups in total. The Morgan fingerprint density at radius 3 is 2.25 bits per heavy atom. The molecular weight excluding hydrogens is 342 g/mol. The maximum absolute atomic E-state index is 11.8. The zero-order valence-electron chi connectivity index (χ0n) is 13.2. The third kappa shape index (κ3) is 4.63. The van der Waals surface area contributed by atoms with E-state index in [1.54, 1.807) is 6.92 Å². The molecule has 0 spiro atoms. The maximum atomic E-state index is 11.8. The van der Waals surface area contributed by atoms with Gasteiger partial charge >= 0.3 is 18.0 Å². The van der Waals surface area contributed by atoms with Gasteiger partial charge in [0.1, 0.15) is 5.76 Å². The number of hydrogen-bond donors (Lipinski definition) is 2.